The van der Waals surface area contributed by atoms with Crippen LogP contribution in [0.4, 0.5) is 5.69 Å². The first-order chi connectivity index (χ1) is 10.3. The van der Waals surface area contributed by atoms with Gasteiger partial charge in [-0.1, -0.05) is 12.1 Å². The third-order valence-electron chi connectivity index (χ3n) is 3.22. The molecule has 3 rings (SSSR count). The number of benzene rings is 2. The maximum atomic E-state index is 10.1. The van der Waals surface area contributed by atoms with Gasteiger partial charge in [0.15, 0.2) is 11.5 Å². The van der Waals surface area contributed by atoms with E-state index in [2.05, 4.69) is 9.98 Å². The minimum atomic E-state index is 0.0853. The minimum absolute atomic E-state index is 0.0853. The lowest BCUT2D eigenvalue weighted by atomic mass is 10.1. The molecule has 0 unspecified atom stereocenters. The molecule has 2 aromatic carbocycles. The number of para-hydroxylation sites is 1. The number of pyridine rings is 1. The zero-order valence-corrected chi connectivity index (χ0v) is 11.5. The summed E-state index contributed by atoms with van der Waals surface area (Å²) in [5.74, 6) is 0.514. The molecule has 0 saturated carbocycles. The van der Waals surface area contributed by atoms with Gasteiger partial charge in [-0.05, 0) is 36.4 Å². The van der Waals surface area contributed by atoms with Crippen molar-refractivity contribution in [3.8, 4) is 11.5 Å². The standard InChI is InChI=1S/C17H14N2O2/c1-21-16-9-2-5-12(17(16)20)11-19-15-8-3-7-14-13(15)6-4-10-18-14/h2-11,20H,1H3. The zero-order chi connectivity index (χ0) is 14.7. The van der Waals surface area contributed by atoms with E-state index in [0.717, 1.165) is 16.6 Å². The van der Waals surface area contributed by atoms with Gasteiger partial charge in [0, 0.05) is 23.4 Å². The number of aromatic nitrogens is 1. The highest BCUT2D eigenvalue weighted by Crippen LogP contribution is 2.29. The molecule has 1 N–H and O–H groups in total. The van der Waals surface area contributed by atoms with Crippen molar-refractivity contribution in [2.45, 2.75) is 0 Å². The first-order valence-corrected chi connectivity index (χ1v) is 6.53. The Morgan fingerprint density at radius 3 is 2.81 bits per heavy atom. The summed E-state index contributed by atoms with van der Waals surface area (Å²) < 4.78 is 5.09. The van der Waals surface area contributed by atoms with E-state index in [-0.39, 0.29) is 5.75 Å². The first kappa shape index (κ1) is 13.1. The van der Waals surface area contributed by atoms with Gasteiger partial charge in [-0.3, -0.25) is 9.98 Å². The van der Waals surface area contributed by atoms with Gasteiger partial charge < -0.3 is 9.84 Å². The van der Waals surface area contributed by atoms with Crippen LogP contribution in [0.1, 0.15) is 5.56 Å². The molecular formula is C17H14N2O2. The van der Waals surface area contributed by atoms with Gasteiger partial charge in [-0.15, -0.1) is 0 Å². The number of hydrogen-bond acceptors (Lipinski definition) is 4. The third kappa shape index (κ3) is 2.56. The Kier molecular flexibility index (Phi) is 3.51. The molecule has 1 aromatic heterocycles. The van der Waals surface area contributed by atoms with Crippen molar-refractivity contribution in [2.24, 2.45) is 4.99 Å². The quantitative estimate of drug-likeness (QED) is 0.743. The number of hydrogen-bond donors (Lipinski definition) is 1. The van der Waals surface area contributed by atoms with Crippen LogP contribution in [0.3, 0.4) is 0 Å². The second-order valence-electron chi connectivity index (χ2n) is 4.50. The van der Waals surface area contributed by atoms with Crippen molar-refractivity contribution in [1.29, 1.82) is 0 Å². The van der Waals surface area contributed by atoms with Crippen molar-refractivity contribution in [3.05, 3.63) is 60.3 Å². The predicted octanol–water partition coefficient (Wildman–Crippen LogP) is 3.70. The summed E-state index contributed by atoms with van der Waals surface area (Å²) in [5, 5.41) is 11.0. The average Bonchev–Trinajstić information content (AvgIpc) is 2.54. The van der Waals surface area contributed by atoms with Crippen LogP contribution in [-0.2, 0) is 0 Å². The molecule has 3 aromatic rings. The van der Waals surface area contributed by atoms with E-state index in [1.807, 2.05) is 36.4 Å². The number of nitrogens with zero attached hydrogens (tertiary/aromatic N) is 2. The number of rotatable bonds is 3. The summed E-state index contributed by atoms with van der Waals surface area (Å²) in [5.41, 5.74) is 2.31. The van der Waals surface area contributed by atoms with Crippen LogP contribution in [0, 0.1) is 0 Å². The van der Waals surface area contributed by atoms with Gasteiger partial charge in [-0.2, -0.15) is 0 Å². The molecule has 1 heterocycles. The fourth-order valence-electron chi connectivity index (χ4n) is 2.15. The van der Waals surface area contributed by atoms with E-state index in [4.69, 9.17) is 4.74 Å². The molecule has 0 fully saturated rings. The van der Waals surface area contributed by atoms with Crippen molar-refractivity contribution in [1.82, 2.24) is 4.98 Å². The summed E-state index contributed by atoms with van der Waals surface area (Å²) in [4.78, 5) is 8.76. The van der Waals surface area contributed by atoms with Gasteiger partial charge in [0.05, 0.1) is 18.3 Å². The molecule has 0 radical (unpaired) electrons. The van der Waals surface area contributed by atoms with E-state index < -0.39 is 0 Å². The number of phenols is 1. The lowest BCUT2D eigenvalue weighted by Crippen LogP contribution is -1.88. The molecule has 104 valence electrons. The second kappa shape index (κ2) is 5.63. The van der Waals surface area contributed by atoms with Crippen LogP contribution in [0.25, 0.3) is 10.9 Å². The lowest BCUT2D eigenvalue weighted by molar-refractivity contribution is 0.373. The number of aliphatic imine (C=N–C) groups is 1. The van der Waals surface area contributed by atoms with Gasteiger partial charge >= 0.3 is 0 Å². The Balaban J connectivity index is 2.03. The number of aromatic hydroxyl groups is 1. The smallest absolute Gasteiger partial charge is 0.166 e. The summed E-state index contributed by atoms with van der Waals surface area (Å²) >= 11 is 0. The topological polar surface area (TPSA) is 54.7 Å². The molecule has 0 aliphatic heterocycles. The van der Waals surface area contributed by atoms with Crippen LogP contribution in [0.2, 0.25) is 0 Å². The SMILES string of the molecule is COc1cccc(C=Nc2cccc3ncccc23)c1O. The third-order valence-corrected chi connectivity index (χ3v) is 3.22. The van der Waals surface area contributed by atoms with Gasteiger partial charge in [0.25, 0.3) is 0 Å². The second-order valence-corrected chi connectivity index (χ2v) is 4.50. The predicted molar refractivity (Wildman–Crippen MR) is 83.7 cm³/mol. The fraction of sp³-hybridized carbons (Fsp3) is 0.0588. The van der Waals surface area contributed by atoms with Crippen LogP contribution < -0.4 is 4.74 Å². The molecular weight excluding hydrogens is 264 g/mol. The lowest BCUT2D eigenvalue weighted by Gasteiger charge is -2.05. The number of phenolic OH excluding ortho intramolecular Hbond substituents is 1. The maximum absolute atomic E-state index is 10.1. The highest BCUT2D eigenvalue weighted by atomic mass is 16.5. The van der Waals surface area contributed by atoms with Crippen molar-refractivity contribution in [2.75, 3.05) is 7.11 Å². The Hall–Kier alpha value is -2.88. The Morgan fingerprint density at radius 2 is 1.95 bits per heavy atom. The van der Waals surface area contributed by atoms with E-state index in [1.54, 1.807) is 24.5 Å². The number of fused-ring (bicyclic) bond motifs is 1. The average molecular weight is 278 g/mol. The molecule has 4 heteroatoms. The maximum Gasteiger partial charge on any atom is 0.166 e. The van der Waals surface area contributed by atoms with Gasteiger partial charge in [0.2, 0.25) is 0 Å². The van der Waals surface area contributed by atoms with Crippen LogP contribution in [0.5, 0.6) is 11.5 Å². The summed E-state index contributed by atoms with van der Waals surface area (Å²) in [7, 11) is 1.52. The van der Waals surface area contributed by atoms with Crippen molar-refractivity contribution in [3.63, 3.8) is 0 Å². The van der Waals surface area contributed by atoms with Crippen molar-refractivity contribution < 1.29 is 9.84 Å². The normalized spacial score (nSPS) is 11.1. The molecule has 0 aliphatic rings. The van der Waals surface area contributed by atoms with E-state index in [9.17, 15) is 5.11 Å². The van der Waals surface area contributed by atoms with E-state index in [0.29, 0.717) is 11.3 Å². The number of ether oxygens (including phenoxy) is 1. The molecule has 0 atom stereocenters. The summed E-state index contributed by atoms with van der Waals surface area (Å²) in [6, 6.07) is 14.9. The van der Waals surface area contributed by atoms with Crippen LogP contribution in [-0.4, -0.2) is 23.4 Å². The molecule has 0 saturated heterocycles. The van der Waals surface area contributed by atoms with Crippen LogP contribution in [0.15, 0.2) is 59.7 Å². The zero-order valence-electron chi connectivity index (χ0n) is 11.5. The van der Waals surface area contributed by atoms with Gasteiger partial charge in [0.1, 0.15) is 0 Å². The Morgan fingerprint density at radius 1 is 1.10 bits per heavy atom. The van der Waals surface area contributed by atoms with Crippen LogP contribution >= 0.6 is 0 Å². The fourth-order valence-corrected chi connectivity index (χ4v) is 2.15. The minimum Gasteiger partial charge on any atom is -0.504 e. The monoisotopic (exact) mass is 278 g/mol. The molecule has 0 amide bonds. The molecule has 0 aliphatic carbocycles. The molecule has 4 nitrogen and oxygen atoms in total. The Bertz CT molecular complexity index is 807. The highest BCUT2D eigenvalue weighted by molar-refractivity contribution is 5.94. The highest BCUT2D eigenvalue weighted by Gasteiger charge is 2.05. The van der Waals surface area contributed by atoms with Gasteiger partial charge in [-0.25, -0.2) is 0 Å². The Labute approximate surface area is 122 Å². The molecule has 0 bridgehead atoms. The van der Waals surface area contributed by atoms with E-state index >= 15 is 0 Å². The first-order valence-electron chi connectivity index (χ1n) is 6.53. The number of methoxy groups -OCH3 is 1. The molecule has 0 spiro atoms. The largest absolute Gasteiger partial charge is 0.504 e. The summed E-state index contributed by atoms with van der Waals surface area (Å²) in [6.45, 7) is 0. The van der Waals surface area contributed by atoms with Crippen molar-refractivity contribution >= 4 is 22.8 Å². The summed E-state index contributed by atoms with van der Waals surface area (Å²) in [6.07, 6.45) is 3.38. The van der Waals surface area contributed by atoms with E-state index in [1.165, 1.54) is 7.11 Å². The molecule has 21 heavy (non-hydrogen) atoms.